The van der Waals surface area contributed by atoms with Crippen molar-refractivity contribution >= 4 is 0 Å². The molecule has 1 saturated carbocycles. The molecule has 88 valence electrons. The fraction of sp³-hybridized carbons (Fsp3) is 0.571. The second-order valence-corrected chi connectivity index (χ2v) is 4.51. The van der Waals surface area contributed by atoms with Gasteiger partial charge in [0.05, 0.1) is 7.11 Å². The Balaban J connectivity index is 2.16. The third-order valence-electron chi connectivity index (χ3n) is 3.18. The van der Waals surface area contributed by atoms with E-state index in [0.717, 1.165) is 18.2 Å². The molecular formula is C14H21NO. The van der Waals surface area contributed by atoms with E-state index in [-0.39, 0.29) is 0 Å². The van der Waals surface area contributed by atoms with Crippen LogP contribution in [0.5, 0.6) is 5.75 Å². The van der Waals surface area contributed by atoms with Gasteiger partial charge in [0.2, 0.25) is 0 Å². The van der Waals surface area contributed by atoms with Crippen LogP contribution in [-0.2, 0) is 0 Å². The second kappa shape index (κ2) is 5.35. The molecule has 16 heavy (non-hydrogen) atoms. The van der Waals surface area contributed by atoms with Gasteiger partial charge in [-0.2, -0.15) is 0 Å². The van der Waals surface area contributed by atoms with Crippen molar-refractivity contribution in [1.82, 2.24) is 5.32 Å². The Hall–Kier alpha value is -1.02. The van der Waals surface area contributed by atoms with Crippen molar-refractivity contribution in [3.05, 3.63) is 29.8 Å². The lowest BCUT2D eigenvalue weighted by Gasteiger charge is -2.20. The molecule has 0 saturated heterocycles. The molecule has 0 bridgehead atoms. The van der Waals surface area contributed by atoms with E-state index in [9.17, 15) is 0 Å². The molecule has 1 fully saturated rings. The van der Waals surface area contributed by atoms with Crippen LogP contribution >= 0.6 is 0 Å². The van der Waals surface area contributed by atoms with Gasteiger partial charge in [-0.3, -0.25) is 0 Å². The Kier molecular flexibility index (Phi) is 3.83. The van der Waals surface area contributed by atoms with Crippen LogP contribution < -0.4 is 10.1 Å². The average Bonchev–Trinajstić information content (AvgIpc) is 3.14. The van der Waals surface area contributed by atoms with E-state index in [1.807, 2.05) is 6.07 Å². The average molecular weight is 219 g/mol. The Labute approximate surface area is 98.0 Å². The highest BCUT2D eigenvalue weighted by Crippen LogP contribution is 2.43. The number of para-hydroxylation sites is 1. The zero-order valence-corrected chi connectivity index (χ0v) is 10.2. The molecule has 0 heterocycles. The fourth-order valence-corrected chi connectivity index (χ4v) is 2.18. The monoisotopic (exact) mass is 219 g/mol. The summed E-state index contributed by atoms with van der Waals surface area (Å²) in [5.41, 5.74) is 1.32. The minimum atomic E-state index is 0.482. The molecule has 1 aliphatic rings. The van der Waals surface area contributed by atoms with E-state index in [0.29, 0.717) is 6.04 Å². The molecule has 0 spiro atoms. The van der Waals surface area contributed by atoms with Crippen molar-refractivity contribution in [1.29, 1.82) is 0 Å². The standard InChI is InChI=1S/C14H21NO/c1-3-10-15-14(11-8-9-11)12-6-4-5-7-13(12)16-2/h4-7,11,14-15H,3,8-10H2,1-2H3. The van der Waals surface area contributed by atoms with Crippen molar-refractivity contribution in [3.63, 3.8) is 0 Å². The van der Waals surface area contributed by atoms with E-state index >= 15 is 0 Å². The number of ether oxygens (including phenoxy) is 1. The van der Waals surface area contributed by atoms with Crippen molar-refractivity contribution in [2.24, 2.45) is 5.92 Å². The summed E-state index contributed by atoms with van der Waals surface area (Å²) in [7, 11) is 1.75. The molecule has 1 N–H and O–H groups in total. The van der Waals surface area contributed by atoms with Crippen LogP contribution in [-0.4, -0.2) is 13.7 Å². The Bertz CT molecular complexity index is 333. The second-order valence-electron chi connectivity index (χ2n) is 4.51. The topological polar surface area (TPSA) is 21.3 Å². The zero-order chi connectivity index (χ0) is 11.4. The van der Waals surface area contributed by atoms with Gasteiger partial charge in [-0.15, -0.1) is 0 Å². The molecule has 1 atom stereocenters. The van der Waals surface area contributed by atoms with Crippen LogP contribution in [0.2, 0.25) is 0 Å². The first-order valence-corrected chi connectivity index (χ1v) is 6.23. The number of rotatable bonds is 6. The third-order valence-corrected chi connectivity index (χ3v) is 3.18. The van der Waals surface area contributed by atoms with Gasteiger partial charge in [0.1, 0.15) is 5.75 Å². The molecule has 2 nitrogen and oxygen atoms in total. The van der Waals surface area contributed by atoms with Crippen LogP contribution in [0.3, 0.4) is 0 Å². The van der Waals surface area contributed by atoms with E-state index in [2.05, 4.69) is 30.4 Å². The normalized spacial score (nSPS) is 17.1. The Morgan fingerprint density at radius 3 is 2.75 bits per heavy atom. The van der Waals surface area contributed by atoms with Crippen molar-refractivity contribution in [2.45, 2.75) is 32.2 Å². The summed E-state index contributed by atoms with van der Waals surface area (Å²) in [6.45, 7) is 3.29. The first kappa shape index (κ1) is 11.5. The molecular weight excluding hydrogens is 198 g/mol. The summed E-state index contributed by atoms with van der Waals surface area (Å²) in [6.07, 6.45) is 3.87. The lowest BCUT2D eigenvalue weighted by molar-refractivity contribution is 0.391. The van der Waals surface area contributed by atoms with Gasteiger partial charge in [-0.25, -0.2) is 0 Å². The number of nitrogens with one attached hydrogen (secondary N) is 1. The first-order chi connectivity index (χ1) is 7.86. The van der Waals surface area contributed by atoms with Crippen molar-refractivity contribution in [3.8, 4) is 5.75 Å². The molecule has 1 unspecified atom stereocenters. The summed E-state index contributed by atoms with van der Waals surface area (Å²) in [5.74, 6) is 1.82. The smallest absolute Gasteiger partial charge is 0.123 e. The molecule has 1 aliphatic carbocycles. The molecule has 1 aromatic rings. The molecule has 2 rings (SSSR count). The lowest BCUT2D eigenvalue weighted by atomic mass is 10.0. The van der Waals surface area contributed by atoms with Crippen molar-refractivity contribution in [2.75, 3.05) is 13.7 Å². The van der Waals surface area contributed by atoms with E-state index < -0.39 is 0 Å². The molecule has 0 radical (unpaired) electrons. The van der Waals surface area contributed by atoms with E-state index in [4.69, 9.17) is 4.74 Å². The summed E-state index contributed by atoms with van der Waals surface area (Å²) in [4.78, 5) is 0. The highest BCUT2D eigenvalue weighted by molar-refractivity contribution is 5.36. The van der Waals surface area contributed by atoms with Gasteiger partial charge in [-0.05, 0) is 37.8 Å². The summed E-state index contributed by atoms with van der Waals surface area (Å²) < 4.78 is 5.44. The number of benzene rings is 1. The zero-order valence-electron chi connectivity index (χ0n) is 10.2. The molecule has 1 aromatic carbocycles. The molecule has 0 amide bonds. The van der Waals surface area contributed by atoms with Gasteiger partial charge in [0, 0.05) is 11.6 Å². The van der Waals surface area contributed by atoms with Gasteiger partial charge >= 0.3 is 0 Å². The lowest BCUT2D eigenvalue weighted by Crippen LogP contribution is -2.24. The van der Waals surface area contributed by atoms with Crippen LogP contribution in [0.25, 0.3) is 0 Å². The minimum absolute atomic E-state index is 0.482. The first-order valence-electron chi connectivity index (χ1n) is 6.23. The van der Waals surface area contributed by atoms with Crippen LogP contribution in [0.1, 0.15) is 37.8 Å². The third kappa shape index (κ3) is 2.56. The molecule has 2 heteroatoms. The Morgan fingerprint density at radius 1 is 1.38 bits per heavy atom. The van der Waals surface area contributed by atoms with E-state index in [1.54, 1.807) is 7.11 Å². The summed E-state index contributed by atoms with van der Waals surface area (Å²) in [6, 6.07) is 8.85. The number of methoxy groups -OCH3 is 1. The van der Waals surface area contributed by atoms with E-state index in [1.165, 1.54) is 24.8 Å². The maximum absolute atomic E-state index is 5.44. The highest BCUT2D eigenvalue weighted by Gasteiger charge is 2.33. The molecule has 0 aromatic heterocycles. The maximum atomic E-state index is 5.44. The maximum Gasteiger partial charge on any atom is 0.123 e. The molecule has 0 aliphatic heterocycles. The number of hydrogen-bond acceptors (Lipinski definition) is 2. The van der Waals surface area contributed by atoms with Crippen LogP contribution in [0.15, 0.2) is 24.3 Å². The summed E-state index contributed by atoms with van der Waals surface area (Å²) >= 11 is 0. The van der Waals surface area contributed by atoms with Crippen molar-refractivity contribution < 1.29 is 4.74 Å². The quantitative estimate of drug-likeness (QED) is 0.793. The Morgan fingerprint density at radius 2 is 2.12 bits per heavy atom. The van der Waals surface area contributed by atoms with Gasteiger partial charge < -0.3 is 10.1 Å². The largest absolute Gasteiger partial charge is 0.496 e. The number of hydrogen-bond donors (Lipinski definition) is 1. The summed E-state index contributed by atoms with van der Waals surface area (Å²) in [5, 5.41) is 3.64. The predicted octanol–water partition coefficient (Wildman–Crippen LogP) is 3.15. The SMILES string of the molecule is CCCNC(c1ccccc1OC)C1CC1. The van der Waals surface area contributed by atoms with Gasteiger partial charge in [0.15, 0.2) is 0 Å². The van der Waals surface area contributed by atoms with Crippen LogP contribution in [0.4, 0.5) is 0 Å². The van der Waals surface area contributed by atoms with Gasteiger partial charge in [0.25, 0.3) is 0 Å². The fourth-order valence-electron chi connectivity index (χ4n) is 2.18. The highest BCUT2D eigenvalue weighted by atomic mass is 16.5. The van der Waals surface area contributed by atoms with Crippen LogP contribution in [0, 0.1) is 5.92 Å². The predicted molar refractivity (Wildman–Crippen MR) is 66.8 cm³/mol. The minimum Gasteiger partial charge on any atom is -0.496 e. The van der Waals surface area contributed by atoms with Gasteiger partial charge in [-0.1, -0.05) is 25.1 Å².